The number of ether oxygens (including phenoxy) is 2. The van der Waals surface area contributed by atoms with Crippen molar-refractivity contribution in [3.8, 4) is 5.75 Å². The SMILES string of the molecule is C[C@H](OC(=O)CCN1C(=O)COc2ccccc21)C(=O)Nc1ccc(F)cc1F. The maximum Gasteiger partial charge on any atom is 0.308 e. The molecule has 29 heavy (non-hydrogen) atoms. The van der Waals surface area contributed by atoms with E-state index in [-0.39, 0.29) is 31.2 Å². The summed E-state index contributed by atoms with van der Waals surface area (Å²) >= 11 is 0. The lowest BCUT2D eigenvalue weighted by Gasteiger charge is -2.29. The van der Waals surface area contributed by atoms with Crippen molar-refractivity contribution < 1.29 is 32.6 Å². The monoisotopic (exact) mass is 404 g/mol. The number of carbonyl (C=O) groups is 3. The third-order valence-corrected chi connectivity index (χ3v) is 4.21. The van der Waals surface area contributed by atoms with E-state index in [1.54, 1.807) is 24.3 Å². The van der Waals surface area contributed by atoms with E-state index >= 15 is 0 Å². The fraction of sp³-hybridized carbons (Fsp3) is 0.250. The van der Waals surface area contributed by atoms with Gasteiger partial charge in [-0.1, -0.05) is 12.1 Å². The second-order valence-electron chi connectivity index (χ2n) is 6.30. The van der Waals surface area contributed by atoms with Gasteiger partial charge in [0.2, 0.25) is 0 Å². The van der Waals surface area contributed by atoms with Gasteiger partial charge in [-0.15, -0.1) is 0 Å². The highest BCUT2D eigenvalue weighted by Crippen LogP contribution is 2.31. The van der Waals surface area contributed by atoms with Gasteiger partial charge in [0.25, 0.3) is 11.8 Å². The summed E-state index contributed by atoms with van der Waals surface area (Å²) in [5, 5.41) is 2.23. The zero-order valence-electron chi connectivity index (χ0n) is 15.5. The fourth-order valence-electron chi connectivity index (χ4n) is 2.74. The normalized spacial score (nSPS) is 13.9. The molecule has 0 aliphatic carbocycles. The fourth-order valence-corrected chi connectivity index (χ4v) is 2.74. The first-order valence-corrected chi connectivity index (χ1v) is 8.82. The Morgan fingerprint density at radius 3 is 2.76 bits per heavy atom. The van der Waals surface area contributed by atoms with Gasteiger partial charge in [-0.05, 0) is 31.2 Å². The summed E-state index contributed by atoms with van der Waals surface area (Å²) < 4.78 is 36.9. The van der Waals surface area contributed by atoms with Crippen LogP contribution in [0.3, 0.4) is 0 Å². The molecule has 0 unspecified atom stereocenters. The molecule has 2 aromatic carbocycles. The zero-order valence-corrected chi connectivity index (χ0v) is 15.5. The quantitative estimate of drug-likeness (QED) is 0.749. The first-order valence-electron chi connectivity index (χ1n) is 8.82. The Hall–Kier alpha value is -3.49. The summed E-state index contributed by atoms with van der Waals surface area (Å²) in [5.74, 6) is -2.95. The van der Waals surface area contributed by atoms with Crippen molar-refractivity contribution in [2.24, 2.45) is 0 Å². The molecule has 1 atom stereocenters. The molecule has 7 nitrogen and oxygen atoms in total. The van der Waals surface area contributed by atoms with Crippen LogP contribution in [0.25, 0.3) is 0 Å². The van der Waals surface area contributed by atoms with E-state index < -0.39 is 29.6 Å². The number of carbonyl (C=O) groups excluding carboxylic acids is 3. The molecule has 1 N–H and O–H groups in total. The number of halogens is 2. The van der Waals surface area contributed by atoms with E-state index in [1.807, 2.05) is 0 Å². The van der Waals surface area contributed by atoms with E-state index in [0.717, 1.165) is 12.1 Å². The molecule has 152 valence electrons. The molecule has 1 heterocycles. The maximum absolute atomic E-state index is 13.6. The Labute approximate surface area is 165 Å². The number of rotatable bonds is 6. The van der Waals surface area contributed by atoms with Crippen molar-refractivity contribution in [2.75, 3.05) is 23.4 Å². The van der Waals surface area contributed by atoms with Crippen LogP contribution >= 0.6 is 0 Å². The molecule has 2 aromatic rings. The summed E-state index contributed by atoms with van der Waals surface area (Å²) in [6, 6.07) is 9.62. The predicted octanol–water partition coefficient (Wildman–Crippen LogP) is 2.65. The van der Waals surface area contributed by atoms with Gasteiger partial charge in [-0.2, -0.15) is 0 Å². The second-order valence-corrected chi connectivity index (χ2v) is 6.30. The predicted molar refractivity (Wildman–Crippen MR) is 99.4 cm³/mol. The number of amides is 2. The third-order valence-electron chi connectivity index (χ3n) is 4.21. The van der Waals surface area contributed by atoms with Gasteiger partial charge in [0.1, 0.15) is 17.4 Å². The van der Waals surface area contributed by atoms with Crippen LogP contribution in [0.1, 0.15) is 13.3 Å². The molecule has 0 aromatic heterocycles. The minimum atomic E-state index is -1.21. The molecule has 9 heteroatoms. The van der Waals surface area contributed by atoms with E-state index in [2.05, 4.69) is 5.32 Å². The Morgan fingerprint density at radius 1 is 1.24 bits per heavy atom. The van der Waals surface area contributed by atoms with Crippen LogP contribution in [0.15, 0.2) is 42.5 Å². The van der Waals surface area contributed by atoms with Crippen molar-refractivity contribution in [1.29, 1.82) is 0 Å². The summed E-state index contributed by atoms with van der Waals surface area (Å²) in [4.78, 5) is 37.7. The molecule has 0 radical (unpaired) electrons. The van der Waals surface area contributed by atoms with Crippen LogP contribution in [0.2, 0.25) is 0 Å². The van der Waals surface area contributed by atoms with Crippen LogP contribution in [0.5, 0.6) is 5.75 Å². The molecular weight excluding hydrogens is 386 g/mol. The van der Waals surface area contributed by atoms with E-state index in [4.69, 9.17) is 9.47 Å². The topological polar surface area (TPSA) is 84.9 Å². The summed E-state index contributed by atoms with van der Waals surface area (Å²) in [7, 11) is 0. The Balaban J connectivity index is 1.54. The number of para-hydroxylation sites is 2. The lowest BCUT2D eigenvalue weighted by Crippen LogP contribution is -2.40. The minimum Gasteiger partial charge on any atom is -0.482 e. The largest absolute Gasteiger partial charge is 0.482 e. The van der Waals surface area contributed by atoms with Crippen LogP contribution in [-0.4, -0.2) is 37.0 Å². The van der Waals surface area contributed by atoms with Crippen molar-refractivity contribution in [3.05, 3.63) is 54.1 Å². The average Bonchev–Trinajstić information content (AvgIpc) is 2.69. The number of anilines is 2. The molecule has 0 spiro atoms. The Morgan fingerprint density at radius 2 is 2.00 bits per heavy atom. The maximum atomic E-state index is 13.6. The lowest BCUT2D eigenvalue weighted by molar-refractivity contribution is -0.153. The molecule has 2 amide bonds. The van der Waals surface area contributed by atoms with Gasteiger partial charge in [-0.3, -0.25) is 14.4 Å². The van der Waals surface area contributed by atoms with Gasteiger partial charge in [0, 0.05) is 12.6 Å². The second kappa shape index (κ2) is 8.68. The molecule has 0 saturated heterocycles. The zero-order chi connectivity index (χ0) is 21.0. The summed E-state index contributed by atoms with van der Waals surface area (Å²) in [6.07, 6.45) is -1.36. The average molecular weight is 404 g/mol. The highest BCUT2D eigenvalue weighted by Gasteiger charge is 2.26. The van der Waals surface area contributed by atoms with Gasteiger partial charge >= 0.3 is 5.97 Å². The van der Waals surface area contributed by atoms with Crippen LogP contribution in [0.4, 0.5) is 20.2 Å². The van der Waals surface area contributed by atoms with E-state index in [9.17, 15) is 23.2 Å². The van der Waals surface area contributed by atoms with Gasteiger partial charge in [0.15, 0.2) is 12.7 Å². The van der Waals surface area contributed by atoms with Crippen LogP contribution in [-0.2, 0) is 19.1 Å². The Bertz CT molecular complexity index is 950. The van der Waals surface area contributed by atoms with Crippen molar-refractivity contribution in [2.45, 2.75) is 19.4 Å². The highest BCUT2D eigenvalue weighted by atomic mass is 19.1. The van der Waals surface area contributed by atoms with Crippen molar-refractivity contribution in [1.82, 2.24) is 0 Å². The lowest BCUT2D eigenvalue weighted by atomic mass is 10.2. The third kappa shape index (κ3) is 4.87. The van der Waals surface area contributed by atoms with Gasteiger partial charge < -0.3 is 19.7 Å². The highest BCUT2D eigenvalue weighted by molar-refractivity contribution is 5.98. The number of benzene rings is 2. The summed E-state index contributed by atoms with van der Waals surface area (Å²) in [6.45, 7) is 1.25. The van der Waals surface area contributed by atoms with Crippen molar-refractivity contribution in [3.63, 3.8) is 0 Å². The molecule has 3 rings (SSSR count). The molecule has 0 fully saturated rings. The van der Waals surface area contributed by atoms with Gasteiger partial charge in [0.05, 0.1) is 17.8 Å². The number of esters is 1. The molecule has 0 bridgehead atoms. The minimum absolute atomic E-state index is 0.0545. The van der Waals surface area contributed by atoms with E-state index in [0.29, 0.717) is 17.5 Å². The molecular formula is C20H18F2N2O5. The van der Waals surface area contributed by atoms with Crippen LogP contribution in [0, 0.1) is 11.6 Å². The number of hydrogen-bond donors (Lipinski definition) is 1. The number of fused-ring (bicyclic) bond motifs is 1. The van der Waals surface area contributed by atoms with Gasteiger partial charge in [-0.25, -0.2) is 8.78 Å². The number of hydrogen-bond acceptors (Lipinski definition) is 5. The Kier molecular flexibility index (Phi) is 6.06. The number of nitrogens with one attached hydrogen (secondary N) is 1. The molecule has 1 aliphatic rings. The smallest absolute Gasteiger partial charge is 0.308 e. The summed E-state index contributed by atoms with van der Waals surface area (Å²) in [5.41, 5.74) is 0.323. The van der Waals surface area contributed by atoms with E-state index in [1.165, 1.54) is 11.8 Å². The van der Waals surface area contributed by atoms with Crippen molar-refractivity contribution >= 4 is 29.2 Å². The van der Waals surface area contributed by atoms with Crippen LogP contribution < -0.4 is 15.0 Å². The first-order chi connectivity index (χ1) is 13.8. The standard InChI is InChI=1S/C20H18F2N2O5/c1-12(20(27)23-15-7-6-13(21)10-14(15)22)29-19(26)8-9-24-16-4-2-3-5-17(16)28-11-18(24)25/h2-7,10,12H,8-9,11H2,1H3,(H,23,27)/t12-/m0/s1. The first kappa shape index (κ1) is 20.2. The number of nitrogens with zero attached hydrogens (tertiary/aromatic N) is 1. The molecule has 1 aliphatic heterocycles. The molecule has 0 saturated carbocycles.